The zero-order valence-corrected chi connectivity index (χ0v) is 14.5. The number of para-hydroxylation sites is 1. The highest BCUT2D eigenvalue weighted by Gasteiger charge is 2.19. The van der Waals surface area contributed by atoms with Gasteiger partial charge in [0.15, 0.2) is 0 Å². The van der Waals surface area contributed by atoms with Crippen molar-refractivity contribution in [2.24, 2.45) is 7.05 Å². The third kappa shape index (κ3) is 3.11. The molecule has 0 saturated carbocycles. The number of nitrogens with one attached hydrogen (secondary N) is 2. The molecule has 0 spiro atoms. The molecule has 0 saturated heterocycles. The van der Waals surface area contributed by atoms with Crippen LogP contribution in [0.1, 0.15) is 27.4 Å². The highest BCUT2D eigenvalue weighted by atomic mass is 16.1. The minimum atomic E-state index is -0.112. The number of hydrogen-bond donors (Lipinski definition) is 2. The molecule has 0 radical (unpaired) electrons. The Morgan fingerprint density at radius 3 is 2.69 bits per heavy atom. The SMILES string of the molecule is Cn1cc(C(=O)NCC(c2ccccc2)c2c[nH]c3ccccc23)cn1. The molecule has 1 unspecified atom stereocenters. The van der Waals surface area contributed by atoms with Crippen LogP contribution in [0.2, 0.25) is 0 Å². The predicted molar refractivity (Wildman–Crippen MR) is 102 cm³/mol. The molecule has 4 aromatic rings. The van der Waals surface area contributed by atoms with Crippen LogP contribution in [0.3, 0.4) is 0 Å². The molecule has 0 aliphatic carbocycles. The summed E-state index contributed by atoms with van der Waals surface area (Å²) in [5.74, 6) is -0.0492. The second kappa shape index (κ2) is 6.88. The first-order valence-electron chi connectivity index (χ1n) is 8.60. The summed E-state index contributed by atoms with van der Waals surface area (Å²) in [7, 11) is 1.80. The van der Waals surface area contributed by atoms with Gasteiger partial charge in [-0.15, -0.1) is 0 Å². The van der Waals surface area contributed by atoms with Crippen LogP contribution in [-0.2, 0) is 7.05 Å². The van der Waals surface area contributed by atoms with Crippen LogP contribution in [0.5, 0.6) is 0 Å². The first-order chi connectivity index (χ1) is 12.7. The van der Waals surface area contributed by atoms with Gasteiger partial charge < -0.3 is 10.3 Å². The highest BCUT2D eigenvalue weighted by molar-refractivity contribution is 5.93. The van der Waals surface area contributed by atoms with Gasteiger partial charge in [-0.25, -0.2) is 0 Å². The molecule has 26 heavy (non-hydrogen) atoms. The molecule has 0 bridgehead atoms. The van der Waals surface area contributed by atoms with Crippen LogP contribution in [-0.4, -0.2) is 27.2 Å². The highest BCUT2D eigenvalue weighted by Crippen LogP contribution is 2.30. The van der Waals surface area contributed by atoms with Gasteiger partial charge in [0.05, 0.1) is 11.8 Å². The minimum Gasteiger partial charge on any atom is -0.361 e. The van der Waals surface area contributed by atoms with Gasteiger partial charge in [0.2, 0.25) is 0 Å². The van der Waals surface area contributed by atoms with Crippen molar-refractivity contribution in [2.45, 2.75) is 5.92 Å². The molecule has 0 aliphatic heterocycles. The largest absolute Gasteiger partial charge is 0.361 e. The summed E-state index contributed by atoms with van der Waals surface area (Å²) in [5.41, 5.74) is 4.02. The van der Waals surface area contributed by atoms with Crippen LogP contribution < -0.4 is 5.32 Å². The van der Waals surface area contributed by atoms with E-state index < -0.39 is 0 Å². The zero-order valence-electron chi connectivity index (χ0n) is 14.5. The molecule has 1 atom stereocenters. The average Bonchev–Trinajstić information content (AvgIpc) is 3.29. The Morgan fingerprint density at radius 1 is 1.15 bits per heavy atom. The van der Waals surface area contributed by atoms with E-state index in [1.165, 1.54) is 16.5 Å². The number of fused-ring (bicyclic) bond motifs is 1. The number of hydrogen-bond acceptors (Lipinski definition) is 2. The Labute approximate surface area is 151 Å². The molecule has 4 rings (SSSR count). The van der Waals surface area contributed by atoms with Crippen molar-refractivity contribution in [3.8, 4) is 0 Å². The van der Waals surface area contributed by atoms with Crippen LogP contribution in [0.15, 0.2) is 73.2 Å². The van der Waals surface area contributed by atoms with Gasteiger partial charge in [0.25, 0.3) is 5.91 Å². The summed E-state index contributed by atoms with van der Waals surface area (Å²) >= 11 is 0. The van der Waals surface area contributed by atoms with Crippen molar-refractivity contribution in [1.82, 2.24) is 20.1 Å². The molecule has 5 nitrogen and oxygen atoms in total. The normalized spacial score (nSPS) is 12.2. The van der Waals surface area contributed by atoms with Crippen LogP contribution >= 0.6 is 0 Å². The van der Waals surface area contributed by atoms with Gasteiger partial charge >= 0.3 is 0 Å². The number of aryl methyl sites for hydroxylation is 1. The molecule has 2 aromatic heterocycles. The summed E-state index contributed by atoms with van der Waals surface area (Å²) in [6.07, 6.45) is 5.34. The first-order valence-corrected chi connectivity index (χ1v) is 8.60. The Balaban J connectivity index is 1.65. The van der Waals surface area contributed by atoms with E-state index in [1.54, 1.807) is 24.1 Å². The number of amides is 1. The van der Waals surface area contributed by atoms with Crippen LogP contribution in [0, 0.1) is 0 Å². The second-order valence-electron chi connectivity index (χ2n) is 6.37. The smallest absolute Gasteiger partial charge is 0.254 e. The average molecular weight is 344 g/mol. The van der Waals surface area contributed by atoms with E-state index in [2.05, 4.69) is 39.7 Å². The number of nitrogens with zero attached hydrogens (tertiary/aromatic N) is 2. The van der Waals surface area contributed by atoms with E-state index in [0.717, 1.165) is 5.52 Å². The summed E-state index contributed by atoms with van der Waals surface area (Å²) in [6.45, 7) is 0.513. The lowest BCUT2D eigenvalue weighted by molar-refractivity contribution is 0.0952. The van der Waals surface area contributed by atoms with E-state index in [1.807, 2.05) is 36.5 Å². The van der Waals surface area contributed by atoms with Crippen molar-refractivity contribution in [1.29, 1.82) is 0 Å². The van der Waals surface area contributed by atoms with Crippen molar-refractivity contribution in [3.05, 3.63) is 89.9 Å². The lowest BCUT2D eigenvalue weighted by atomic mass is 9.91. The summed E-state index contributed by atoms with van der Waals surface area (Å²) in [6, 6.07) is 18.5. The molecule has 0 aliphatic rings. The maximum atomic E-state index is 12.5. The van der Waals surface area contributed by atoms with Gasteiger partial charge in [-0.05, 0) is 17.2 Å². The maximum Gasteiger partial charge on any atom is 0.254 e. The molecule has 5 heteroatoms. The van der Waals surface area contributed by atoms with Crippen LogP contribution in [0.25, 0.3) is 10.9 Å². The number of carbonyl (C=O) groups is 1. The molecular formula is C21H20N4O. The third-order valence-electron chi connectivity index (χ3n) is 4.63. The van der Waals surface area contributed by atoms with Gasteiger partial charge in [0.1, 0.15) is 0 Å². The number of rotatable bonds is 5. The number of aromatic nitrogens is 3. The number of H-pyrrole nitrogens is 1. The van der Waals surface area contributed by atoms with Gasteiger partial charge in [0, 0.05) is 42.8 Å². The molecule has 2 N–H and O–H groups in total. The van der Waals surface area contributed by atoms with E-state index in [0.29, 0.717) is 12.1 Å². The predicted octanol–water partition coefficient (Wildman–Crippen LogP) is 3.46. The van der Waals surface area contributed by atoms with Crippen molar-refractivity contribution in [3.63, 3.8) is 0 Å². The van der Waals surface area contributed by atoms with Crippen molar-refractivity contribution < 1.29 is 4.79 Å². The Hall–Kier alpha value is -3.34. The number of benzene rings is 2. The van der Waals surface area contributed by atoms with E-state index >= 15 is 0 Å². The van der Waals surface area contributed by atoms with E-state index in [4.69, 9.17) is 0 Å². The van der Waals surface area contributed by atoms with Gasteiger partial charge in [-0.3, -0.25) is 9.48 Å². The molecule has 2 heterocycles. The summed E-state index contributed by atoms with van der Waals surface area (Å²) in [4.78, 5) is 15.8. The fraction of sp³-hybridized carbons (Fsp3) is 0.143. The Bertz CT molecular complexity index is 1030. The minimum absolute atomic E-state index is 0.0629. The van der Waals surface area contributed by atoms with Gasteiger partial charge in [-0.1, -0.05) is 48.5 Å². The third-order valence-corrected chi connectivity index (χ3v) is 4.63. The Kier molecular flexibility index (Phi) is 4.27. The lowest BCUT2D eigenvalue weighted by Gasteiger charge is -2.18. The molecule has 130 valence electrons. The van der Waals surface area contributed by atoms with Crippen molar-refractivity contribution in [2.75, 3.05) is 6.54 Å². The summed E-state index contributed by atoms with van der Waals surface area (Å²) in [5, 5.41) is 8.30. The summed E-state index contributed by atoms with van der Waals surface area (Å²) < 4.78 is 1.63. The lowest BCUT2D eigenvalue weighted by Crippen LogP contribution is -2.28. The van der Waals surface area contributed by atoms with Gasteiger partial charge in [-0.2, -0.15) is 5.10 Å². The van der Waals surface area contributed by atoms with E-state index in [9.17, 15) is 4.79 Å². The Morgan fingerprint density at radius 2 is 1.92 bits per heavy atom. The molecule has 0 fully saturated rings. The molecule has 2 aromatic carbocycles. The van der Waals surface area contributed by atoms with E-state index in [-0.39, 0.29) is 11.8 Å². The first kappa shape index (κ1) is 16.1. The van der Waals surface area contributed by atoms with Crippen LogP contribution in [0.4, 0.5) is 0 Å². The zero-order chi connectivity index (χ0) is 17.9. The quantitative estimate of drug-likeness (QED) is 0.582. The van der Waals surface area contributed by atoms with Crippen molar-refractivity contribution >= 4 is 16.8 Å². The standard InChI is InChI=1S/C21H20N4O/c1-25-14-16(11-24-25)21(26)23-12-18(15-7-3-2-4-8-15)19-13-22-20-10-6-5-9-17(19)20/h2-11,13-14,18,22H,12H2,1H3,(H,23,26). The topological polar surface area (TPSA) is 62.7 Å². The fourth-order valence-corrected chi connectivity index (χ4v) is 3.31. The fourth-order valence-electron chi connectivity index (χ4n) is 3.31. The molecular weight excluding hydrogens is 324 g/mol. The number of aromatic amines is 1. The number of carbonyl (C=O) groups excluding carboxylic acids is 1. The monoisotopic (exact) mass is 344 g/mol. The maximum absolute atomic E-state index is 12.5. The second-order valence-corrected chi connectivity index (χ2v) is 6.37. The molecule has 1 amide bonds.